The third kappa shape index (κ3) is 3.97. The summed E-state index contributed by atoms with van der Waals surface area (Å²) in [7, 11) is 1.45. The molecule has 2 aromatic rings. The second kappa shape index (κ2) is 8.59. The number of rotatable bonds is 6. The molecule has 4 aliphatic rings. The molecule has 1 aromatic heterocycles. The maximum Gasteiger partial charge on any atom is 0.308 e. The fraction of sp³-hybridized carbons (Fsp3) is 0.556. The average molecular weight is 476 g/mol. The molecule has 35 heavy (non-hydrogen) atoms. The van der Waals surface area contributed by atoms with Crippen molar-refractivity contribution in [3.05, 3.63) is 47.3 Å². The van der Waals surface area contributed by atoms with Gasteiger partial charge in [0.15, 0.2) is 0 Å². The minimum Gasteiger partial charge on any atom is -0.469 e. The SMILES string of the molecule is COC(=O)C1CC(N2CCC3(C2)C(=O)N(c2ccc(C)cc2)Cc2cnc(NCC4CC4)nc23)C1. The molecule has 3 fully saturated rings. The number of carbonyl (C=O) groups is 2. The van der Waals surface area contributed by atoms with E-state index in [2.05, 4.69) is 34.3 Å². The highest BCUT2D eigenvalue weighted by molar-refractivity contribution is 6.03. The number of fused-ring (bicyclic) bond motifs is 2. The molecule has 1 aromatic carbocycles. The number of hydrogen-bond donors (Lipinski definition) is 1. The Balaban J connectivity index is 1.31. The van der Waals surface area contributed by atoms with Crippen LogP contribution in [-0.4, -0.2) is 59.5 Å². The van der Waals surface area contributed by atoms with Crippen LogP contribution in [0.15, 0.2) is 30.5 Å². The molecule has 3 heterocycles. The number of esters is 1. The summed E-state index contributed by atoms with van der Waals surface area (Å²) in [6, 6.07) is 8.46. The second-order valence-corrected chi connectivity index (χ2v) is 10.8. The van der Waals surface area contributed by atoms with Crippen molar-refractivity contribution in [1.82, 2.24) is 14.9 Å². The van der Waals surface area contributed by atoms with Crippen molar-refractivity contribution in [2.75, 3.05) is 37.0 Å². The molecule has 1 spiro atoms. The van der Waals surface area contributed by atoms with Gasteiger partial charge >= 0.3 is 5.97 Å². The second-order valence-electron chi connectivity index (χ2n) is 10.8. The molecule has 2 aliphatic heterocycles. The number of aromatic nitrogens is 2. The number of methoxy groups -OCH3 is 1. The summed E-state index contributed by atoms with van der Waals surface area (Å²) >= 11 is 0. The molecule has 1 amide bonds. The molecule has 6 rings (SSSR count). The molecule has 8 heteroatoms. The molecule has 1 N–H and O–H groups in total. The van der Waals surface area contributed by atoms with E-state index in [9.17, 15) is 9.59 Å². The third-order valence-electron chi connectivity index (χ3n) is 8.36. The van der Waals surface area contributed by atoms with Crippen molar-refractivity contribution in [1.29, 1.82) is 0 Å². The van der Waals surface area contributed by atoms with Crippen LogP contribution in [0.1, 0.15) is 48.9 Å². The summed E-state index contributed by atoms with van der Waals surface area (Å²) < 4.78 is 4.93. The number of aryl methyl sites for hydroxylation is 1. The van der Waals surface area contributed by atoms with E-state index in [1.807, 2.05) is 23.2 Å². The van der Waals surface area contributed by atoms with Gasteiger partial charge in [-0.3, -0.25) is 14.5 Å². The Morgan fingerprint density at radius 3 is 2.71 bits per heavy atom. The lowest BCUT2D eigenvalue weighted by Gasteiger charge is -2.43. The Kier molecular flexibility index (Phi) is 5.51. The summed E-state index contributed by atoms with van der Waals surface area (Å²) in [5, 5.41) is 3.40. The van der Waals surface area contributed by atoms with Crippen molar-refractivity contribution >= 4 is 23.5 Å². The van der Waals surface area contributed by atoms with E-state index in [1.54, 1.807) is 0 Å². The van der Waals surface area contributed by atoms with Crippen LogP contribution < -0.4 is 10.2 Å². The molecule has 8 nitrogen and oxygen atoms in total. The first-order valence-electron chi connectivity index (χ1n) is 12.8. The zero-order valence-electron chi connectivity index (χ0n) is 20.5. The summed E-state index contributed by atoms with van der Waals surface area (Å²) in [6.45, 7) is 4.87. The van der Waals surface area contributed by atoms with Crippen LogP contribution in [0.25, 0.3) is 0 Å². The molecular weight excluding hydrogens is 442 g/mol. The molecule has 0 bridgehead atoms. The molecule has 2 saturated carbocycles. The Morgan fingerprint density at radius 1 is 1.23 bits per heavy atom. The minimum atomic E-state index is -0.701. The van der Waals surface area contributed by atoms with E-state index < -0.39 is 5.41 Å². The number of nitrogens with zero attached hydrogens (tertiary/aromatic N) is 4. The maximum atomic E-state index is 14.2. The van der Waals surface area contributed by atoms with Gasteiger partial charge in [0.25, 0.3) is 0 Å². The number of ether oxygens (including phenoxy) is 1. The highest BCUT2D eigenvalue weighted by Gasteiger charge is 2.55. The predicted molar refractivity (Wildman–Crippen MR) is 132 cm³/mol. The van der Waals surface area contributed by atoms with Crippen molar-refractivity contribution < 1.29 is 14.3 Å². The standard InChI is InChI=1S/C27H33N5O3/c1-17-3-7-21(8-4-17)32-15-20-14-29-26(28-13-18-5-6-18)30-23(20)27(25(32)34)9-10-31(16-27)22-11-19(12-22)24(33)35-2/h3-4,7-8,14,18-19,22H,5-6,9-13,15-16H2,1-2H3,(H,28,29,30). The van der Waals surface area contributed by atoms with Crippen LogP contribution in [-0.2, 0) is 26.3 Å². The fourth-order valence-corrected chi connectivity index (χ4v) is 5.88. The fourth-order valence-electron chi connectivity index (χ4n) is 5.88. The summed E-state index contributed by atoms with van der Waals surface area (Å²) in [6.07, 6.45) is 6.74. The van der Waals surface area contributed by atoms with Gasteiger partial charge in [0.05, 0.1) is 25.3 Å². The van der Waals surface area contributed by atoms with E-state index in [0.29, 0.717) is 31.0 Å². The van der Waals surface area contributed by atoms with Gasteiger partial charge in [-0.25, -0.2) is 9.97 Å². The van der Waals surface area contributed by atoms with Gasteiger partial charge in [0, 0.05) is 36.6 Å². The predicted octanol–water partition coefficient (Wildman–Crippen LogP) is 3.05. The molecule has 0 radical (unpaired) electrons. The van der Waals surface area contributed by atoms with E-state index in [1.165, 1.54) is 25.5 Å². The van der Waals surface area contributed by atoms with Crippen LogP contribution in [0.4, 0.5) is 11.6 Å². The van der Waals surface area contributed by atoms with Crippen molar-refractivity contribution in [3.8, 4) is 0 Å². The van der Waals surface area contributed by atoms with Crippen molar-refractivity contribution in [2.24, 2.45) is 11.8 Å². The smallest absolute Gasteiger partial charge is 0.308 e. The Morgan fingerprint density at radius 2 is 2.00 bits per heavy atom. The Labute approximate surface area is 206 Å². The average Bonchev–Trinajstić information content (AvgIpc) is 3.58. The van der Waals surface area contributed by atoms with Gasteiger partial charge in [0.2, 0.25) is 11.9 Å². The molecule has 2 aliphatic carbocycles. The van der Waals surface area contributed by atoms with Crippen LogP contribution in [0.3, 0.4) is 0 Å². The first-order chi connectivity index (χ1) is 17.0. The van der Waals surface area contributed by atoms with Crippen LogP contribution in [0.2, 0.25) is 0 Å². The number of anilines is 2. The summed E-state index contributed by atoms with van der Waals surface area (Å²) in [5.41, 5.74) is 3.28. The Bertz CT molecular complexity index is 1140. The zero-order chi connectivity index (χ0) is 24.2. The number of benzene rings is 1. The van der Waals surface area contributed by atoms with Gasteiger partial charge in [-0.1, -0.05) is 17.7 Å². The van der Waals surface area contributed by atoms with Crippen LogP contribution in [0, 0.1) is 18.8 Å². The topological polar surface area (TPSA) is 87.7 Å². The molecule has 1 unspecified atom stereocenters. The van der Waals surface area contributed by atoms with Gasteiger partial charge in [0.1, 0.15) is 5.41 Å². The number of amides is 1. The highest BCUT2D eigenvalue weighted by Crippen LogP contribution is 2.45. The lowest BCUT2D eigenvalue weighted by molar-refractivity contribution is -0.150. The van der Waals surface area contributed by atoms with E-state index in [4.69, 9.17) is 9.72 Å². The van der Waals surface area contributed by atoms with Crippen LogP contribution in [0.5, 0.6) is 0 Å². The number of nitrogens with one attached hydrogen (secondary N) is 1. The minimum absolute atomic E-state index is 0.0273. The summed E-state index contributed by atoms with van der Waals surface area (Å²) in [4.78, 5) is 40.0. The van der Waals surface area contributed by atoms with Gasteiger partial charge in [-0.2, -0.15) is 0 Å². The van der Waals surface area contributed by atoms with E-state index in [0.717, 1.165) is 49.3 Å². The first kappa shape index (κ1) is 22.5. The maximum absolute atomic E-state index is 14.2. The molecule has 1 atom stereocenters. The Hall–Kier alpha value is -3.00. The quantitative estimate of drug-likeness (QED) is 0.643. The monoisotopic (exact) mass is 475 g/mol. The van der Waals surface area contributed by atoms with Gasteiger partial charge in [-0.15, -0.1) is 0 Å². The van der Waals surface area contributed by atoms with Crippen LogP contribution >= 0.6 is 0 Å². The lowest BCUT2D eigenvalue weighted by atomic mass is 9.76. The first-order valence-corrected chi connectivity index (χ1v) is 12.8. The van der Waals surface area contributed by atoms with Crippen molar-refractivity contribution in [2.45, 2.75) is 57.0 Å². The third-order valence-corrected chi connectivity index (χ3v) is 8.36. The number of hydrogen-bond acceptors (Lipinski definition) is 7. The number of likely N-dealkylation sites (tertiary alicyclic amines) is 1. The zero-order valence-corrected chi connectivity index (χ0v) is 20.5. The largest absolute Gasteiger partial charge is 0.469 e. The number of carbonyl (C=O) groups excluding carboxylic acids is 2. The molecule has 184 valence electrons. The van der Waals surface area contributed by atoms with E-state index in [-0.39, 0.29) is 17.8 Å². The summed E-state index contributed by atoms with van der Waals surface area (Å²) in [5.74, 6) is 1.30. The van der Waals surface area contributed by atoms with Crippen molar-refractivity contribution in [3.63, 3.8) is 0 Å². The molecular formula is C27H33N5O3. The van der Waals surface area contributed by atoms with Gasteiger partial charge < -0.3 is 15.0 Å². The normalized spacial score (nSPS) is 28.1. The lowest BCUT2D eigenvalue weighted by Crippen LogP contribution is -2.55. The molecule has 1 saturated heterocycles. The van der Waals surface area contributed by atoms with Gasteiger partial charge in [-0.05, 0) is 63.6 Å². The van der Waals surface area contributed by atoms with E-state index >= 15 is 0 Å². The highest BCUT2D eigenvalue weighted by atomic mass is 16.5.